The van der Waals surface area contributed by atoms with Crippen molar-refractivity contribution in [3.63, 3.8) is 0 Å². The first-order valence-corrected chi connectivity index (χ1v) is 3.55. The quantitative estimate of drug-likeness (QED) is 0.502. The normalized spacial score (nSPS) is 13.3. The third kappa shape index (κ3) is 2.43. The first kappa shape index (κ1) is 9.56. The van der Waals surface area contributed by atoms with Crippen LogP contribution in [0.25, 0.3) is 0 Å². The van der Waals surface area contributed by atoms with E-state index in [2.05, 4.69) is 0 Å². The number of halogens is 1. The molecule has 0 aliphatic heterocycles. The fourth-order valence-corrected chi connectivity index (χ4v) is 1.09. The molecule has 0 bridgehead atoms. The number of hydrogen-bond acceptors (Lipinski definition) is 1. The van der Waals surface area contributed by atoms with E-state index in [1.54, 1.807) is 20.8 Å². The molecule has 0 saturated heterocycles. The van der Waals surface area contributed by atoms with Crippen molar-refractivity contribution >= 4 is 17.7 Å². The Morgan fingerprint density at radius 1 is 1.50 bits per heavy atom. The molecule has 0 spiro atoms. The molecule has 1 atom stereocenters. The fourth-order valence-electron chi connectivity index (χ4n) is 0.784. The maximum absolute atomic E-state index is 10.4. The summed E-state index contributed by atoms with van der Waals surface area (Å²) in [5.41, 5.74) is -0.461. The van der Waals surface area contributed by atoms with Crippen LogP contribution in [0.2, 0.25) is 0 Å². The molecule has 0 aromatic carbocycles. The molecule has 0 fully saturated rings. The van der Waals surface area contributed by atoms with Crippen LogP contribution in [0.5, 0.6) is 0 Å². The maximum atomic E-state index is 10.4. The molecule has 4 heteroatoms. The number of nitrogens with zero attached hydrogens (tertiary/aromatic N) is 1. The van der Waals surface area contributed by atoms with Crippen LogP contribution in [0.4, 0.5) is 4.79 Å². The van der Waals surface area contributed by atoms with Gasteiger partial charge in [0.2, 0.25) is 0 Å². The van der Waals surface area contributed by atoms with Gasteiger partial charge in [-0.3, -0.25) is 4.90 Å². The highest BCUT2D eigenvalue weighted by molar-refractivity contribution is 6.20. The topological polar surface area (TPSA) is 40.5 Å². The Hall–Kier alpha value is -0.440. The lowest BCUT2D eigenvalue weighted by Gasteiger charge is -2.25. The Labute approximate surface area is 65.6 Å². The van der Waals surface area contributed by atoms with Gasteiger partial charge in [-0.05, 0) is 20.8 Å². The molecule has 0 radical (unpaired) electrons. The number of rotatable bonds is 2. The minimum atomic E-state index is -0.975. The highest BCUT2D eigenvalue weighted by Crippen LogP contribution is 2.08. The van der Waals surface area contributed by atoms with E-state index in [4.69, 9.17) is 16.7 Å². The molecule has 0 rings (SSSR count). The molecule has 0 aliphatic carbocycles. The molecule has 0 aliphatic rings. The smallest absolute Gasteiger partial charge is 0.408 e. The molecule has 1 amide bonds. The van der Waals surface area contributed by atoms with E-state index < -0.39 is 11.6 Å². The minimum absolute atomic E-state index is 0.0648. The minimum Gasteiger partial charge on any atom is -0.465 e. The Morgan fingerprint density at radius 3 is 1.90 bits per heavy atom. The van der Waals surface area contributed by atoms with Crippen molar-refractivity contribution in [1.29, 1.82) is 0 Å². The van der Waals surface area contributed by atoms with Crippen LogP contribution in [0.1, 0.15) is 20.8 Å². The number of amides is 1. The van der Waals surface area contributed by atoms with Crippen LogP contribution in [0.15, 0.2) is 0 Å². The Bertz CT molecular complexity index is 117. The number of carbonyl (C=O) groups is 1. The van der Waals surface area contributed by atoms with Crippen molar-refractivity contribution in [3.8, 4) is 0 Å². The van der Waals surface area contributed by atoms with Crippen molar-refractivity contribution in [2.45, 2.75) is 32.3 Å². The van der Waals surface area contributed by atoms with Crippen molar-refractivity contribution in [2.24, 2.45) is 0 Å². The predicted molar refractivity (Wildman–Crippen MR) is 40.3 cm³/mol. The Morgan fingerprint density at radius 2 is 1.90 bits per heavy atom. The molecule has 0 aromatic heterocycles. The lowest BCUT2D eigenvalue weighted by molar-refractivity contribution is 0.128. The van der Waals surface area contributed by atoms with E-state index in [0.29, 0.717) is 0 Å². The molecule has 60 valence electrons. The van der Waals surface area contributed by atoms with E-state index >= 15 is 0 Å². The van der Waals surface area contributed by atoms with E-state index in [0.717, 1.165) is 0 Å². The summed E-state index contributed by atoms with van der Waals surface area (Å²) in [5, 5.41) is 8.56. The standard InChI is InChI=1S/C6H12ClNO2/c1-4(2)8(5(3)7)6(9)10/h4-5H,1-3H3,(H,9,10). The SMILES string of the molecule is CC(C)N(C(=O)O)C(C)Cl. The van der Waals surface area contributed by atoms with Crippen LogP contribution >= 0.6 is 11.6 Å². The van der Waals surface area contributed by atoms with Gasteiger partial charge in [0, 0.05) is 6.04 Å². The van der Waals surface area contributed by atoms with Gasteiger partial charge in [-0.25, -0.2) is 4.79 Å². The summed E-state index contributed by atoms with van der Waals surface area (Å²) >= 11 is 5.58. The van der Waals surface area contributed by atoms with Crippen LogP contribution < -0.4 is 0 Å². The van der Waals surface area contributed by atoms with Gasteiger partial charge < -0.3 is 5.11 Å². The molecule has 10 heavy (non-hydrogen) atoms. The molecule has 0 saturated carbocycles. The van der Waals surface area contributed by atoms with Crippen molar-refractivity contribution in [1.82, 2.24) is 4.90 Å². The van der Waals surface area contributed by atoms with Gasteiger partial charge in [0.25, 0.3) is 0 Å². The molecular weight excluding hydrogens is 154 g/mol. The summed E-state index contributed by atoms with van der Waals surface area (Å²) in [4.78, 5) is 11.6. The van der Waals surface area contributed by atoms with Gasteiger partial charge in [-0.2, -0.15) is 0 Å². The summed E-state index contributed by atoms with van der Waals surface area (Å²) in [5.74, 6) is 0. The lowest BCUT2D eigenvalue weighted by Crippen LogP contribution is -2.39. The van der Waals surface area contributed by atoms with E-state index in [1.807, 2.05) is 0 Å². The third-order valence-corrected chi connectivity index (χ3v) is 1.37. The second-order valence-corrected chi connectivity index (χ2v) is 2.99. The van der Waals surface area contributed by atoms with Crippen LogP contribution in [0.3, 0.4) is 0 Å². The van der Waals surface area contributed by atoms with Gasteiger partial charge in [-0.1, -0.05) is 11.6 Å². The average Bonchev–Trinajstić information content (AvgIpc) is 1.59. The molecule has 1 unspecified atom stereocenters. The van der Waals surface area contributed by atoms with Gasteiger partial charge >= 0.3 is 6.09 Å². The molecule has 0 aromatic rings. The zero-order valence-corrected chi connectivity index (χ0v) is 7.09. The van der Waals surface area contributed by atoms with Gasteiger partial charge in [0.1, 0.15) is 5.50 Å². The Balaban J connectivity index is 4.12. The highest BCUT2D eigenvalue weighted by Gasteiger charge is 2.19. The largest absolute Gasteiger partial charge is 0.465 e. The highest BCUT2D eigenvalue weighted by atomic mass is 35.5. The number of hydrogen-bond donors (Lipinski definition) is 1. The first-order valence-electron chi connectivity index (χ1n) is 3.12. The number of carboxylic acid groups (broad SMARTS) is 1. The van der Waals surface area contributed by atoms with Crippen molar-refractivity contribution < 1.29 is 9.90 Å². The maximum Gasteiger partial charge on any atom is 0.408 e. The van der Waals surface area contributed by atoms with E-state index in [9.17, 15) is 4.79 Å². The zero-order chi connectivity index (χ0) is 8.31. The van der Waals surface area contributed by atoms with Crippen LogP contribution in [-0.4, -0.2) is 27.6 Å². The fraction of sp³-hybridized carbons (Fsp3) is 0.833. The number of alkyl halides is 1. The average molecular weight is 166 g/mol. The van der Waals surface area contributed by atoms with Crippen LogP contribution in [0, 0.1) is 0 Å². The first-order chi connectivity index (χ1) is 4.46. The van der Waals surface area contributed by atoms with Crippen molar-refractivity contribution in [2.75, 3.05) is 0 Å². The second-order valence-electron chi connectivity index (χ2n) is 2.36. The van der Waals surface area contributed by atoms with E-state index in [1.165, 1.54) is 4.90 Å². The van der Waals surface area contributed by atoms with Gasteiger partial charge in [-0.15, -0.1) is 0 Å². The predicted octanol–water partition coefficient (Wildman–Crippen LogP) is 1.96. The Kier molecular flexibility index (Phi) is 3.50. The summed E-state index contributed by atoms with van der Waals surface area (Å²) in [6.45, 7) is 5.20. The molecular formula is C6H12ClNO2. The third-order valence-electron chi connectivity index (χ3n) is 1.16. The monoisotopic (exact) mass is 165 g/mol. The zero-order valence-electron chi connectivity index (χ0n) is 6.34. The second kappa shape index (κ2) is 3.66. The van der Waals surface area contributed by atoms with Gasteiger partial charge in [0.05, 0.1) is 0 Å². The summed E-state index contributed by atoms with van der Waals surface area (Å²) in [7, 11) is 0. The molecule has 0 heterocycles. The molecule has 3 nitrogen and oxygen atoms in total. The van der Waals surface area contributed by atoms with Crippen molar-refractivity contribution in [3.05, 3.63) is 0 Å². The summed E-state index contributed by atoms with van der Waals surface area (Å²) < 4.78 is 0. The van der Waals surface area contributed by atoms with Gasteiger partial charge in [0.15, 0.2) is 0 Å². The van der Waals surface area contributed by atoms with E-state index in [-0.39, 0.29) is 6.04 Å². The summed E-state index contributed by atoms with van der Waals surface area (Å²) in [6, 6.07) is -0.0648. The molecule has 1 N–H and O–H groups in total. The summed E-state index contributed by atoms with van der Waals surface area (Å²) in [6.07, 6.45) is -0.975. The van der Waals surface area contributed by atoms with Crippen LogP contribution in [-0.2, 0) is 0 Å². The lowest BCUT2D eigenvalue weighted by atomic mass is 10.3.